The number of benzene rings is 3. The Morgan fingerprint density at radius 2 is 1.70 bits per heavy atom. The molecule has 19 atom stereocenters. The van der Waals surface area contributed by atoms with Crippen LogP contribution in [0.4, 0.5) is 0 Å². The van der Waals surface area contributed by atoms with E-state index >= 15 is 0 Å². The zero-order valence-electron chi connectivity index (χ0n) is 56.4. The quantitative estimate of drug-likeness (QED) is 0.0413. The molecule has 19 heteroatoms. The molecule has 4 aliphatic heterocycles. The maximum absolute atomic E-state index is 13.7. The Labute approximate surface area is 574 Å². The molecule has 4 heterocycles. The first-order valence-electron chi connectivity index (χ1n) is 35.9. The van der Waals surface area contributed by atoms with Crippen molar-refractivity contribution in [1.82, 2.24) is 16.0 Å². The van der Waals surface area contributed by atoms with E-state index in [2.05, 4.69) is 77.8 Å². The lowest BCUT2D eigenvalue weighted by Crippen LogP contribution is -2.70. The number of aromatic hydroxyl groups is 2. The first kappa shape index (κ1) is 68.0. The van der Waals surface area contributed by atoms with Gasteiger partial charge in [0.25, 0.3) is 0 Å². The highest BCUT2D eigenvalue weighted by atomic mass is 33.1. The van der Waals surface area contributed by atoms with Crippen molar-refractivity contribution >= 4 is 33.3 Å². The Balaban J connectivity index is 0.970. The molecule has 96 heavy (non-hydrogen) atoms. The molecule has 0 amide bonds. The molecular formula is C77H101N5O12S2. The Morgan fingerprint density at radius 3 is 2.51 bits per heavy atom. The van der Waals surface area contributed by atoms with Crippen molar-refractivity contribution in [3.8, 4) is 52.4 Å². The minimum Gasteiger partial charge on any atom is -0.508 e. The van der Waals surface area contributed by atoms with Crippen LogP contribution in [0.25, 0.3) is 0 Å². The van der Waals surface area contributed by atoms with Crippen molar-refractivity contribution in [2.75, 3.05) is 45.3 Å². The van der Waals surface area contributed by atoms with Gasteiger partial charge in [-0.3, -0.25) is 10.1 Å². The van der Waals surface area contributed by atoms with Crippen LogP contribution in [0.3, 0.4) is 0 Å². The summed E-state index contributed by atoms with van der Waals surface area (Å²) in [4.78, 5) is 18.9. The Kier molecular flexibility index (Phi) is 19.4. The summed E-state index contributed by atoms with van der Waals surface area (Å²) in [6.07, 6.45) is 17.5. The van der Waals surface area contributed by atoms with Gasteiger partial charge in [-0.1, -0.05) is 95.9 Å². The highest BCUT2D eigenvalue weighted by Gasteiger charge is 2.76. The van der Waals surface area contributed by atoms with Gasteiger partial charge in [0.2, 0.25) is 6.29 Å². The number of guanidine groups is 1. The number of aryl methyl sites for hydroxylation is 2. The van der Waals surface area contributed by atoms with Crippen molar-refractivity contribution in [3.05, 3.63) is 87.5 Å². The molecule has 8 bridgehead atoms. The number of allylic oxidation sites excluding steroid dienone is 1. The number of ether oxygens (including phenoxy) is 4. The zero-order valence-corrected chi connectivity index (χ0v) is 58.0. The number of nitrogens with zero attached hydrogens (tertiary/aromatic N) is 1. The molecule has 17 nitrogen and oxygen atoms in total. The molecule has 0 aromatic heterocycles. The van der Waals surface area contributed by atoms with Crippen LogP contribution in [0.1, 0.15) is 168 Å². The highest BCUT2D eigenvalue weighted by molar-refractivity contribution is 8.76. The third-order valence-electron chi connectivity index (χ3n) is 25.9. The first-order chi connectivity index (χ1) is 46.3. The Bertz CT molecular complexity index is 3620. The number of aliphatic hydroxyl groups excluding tert-OH is 5. The Hall–Kier alpha value is -5.16. The van der Waals surface area contributed by atoms with Gasteiger partial charge in [0.15, 0.2) is 35.8 Å². The molecule has 3 aromatic rings. The van der Waals surface area contributed by atoms with Crippen LogP contribution in [-0.2, 0) is 41.6 Å². The molecule has 8 aliphatic carbocycles. The maximum atomic E-state index is 13.7. The summed E-state index contributed by atoms with van der Waals surface area (Å²) in [5, 5.41) is 91.1. The van der Waals surface area contributed by atoms with Crippen LogP contribution < -0.4 is 35.9 Å². The lowest BCUT2D eigenvalue weighted by molar-refractivity contribution is -0.154. The summed E-state index contributed by atoms with van der Waals surface area (Å²) in [5.41, 5.74) is 11.4. The molecular weight excluding hydrogens is 1250 g/mol. The molecule has 15 rings (SSSR count). The average Bonchev–Trinajstić information content (AvgIpc) is 1.46. The van der Waals surface area contributed by atoms with E-state index in [0.717, 1.165) is 80.2 Å². The number of carbonyl (C=O) groups excluding carboxylic acids is 1. The monoisotopic (exact) mass is 1350 g/mol. The number of methoxy groups -OCH3 is 1. The van der Waals surface area contributed by atoms with Crippen LogP contribution in [0.5, 0.6) is 28.7 Å². The van der Waals surface area contributed by atoms with Crippen molar-refractivity contribution in [3.63, 3.8) is 0 Å². The van der Waals surface area contributed by atoms with Crippen molar-refractivity contribution in [2.45, 2.75) is 204 Å². The highest BCUT2D eigenvalue weighted by Crippen LogP contribution is 2.81. The van der Waals surface area contributed by atoms with Crippen molar-refractivity contribution in [1.29, 1.82) is 0 Å². The molecule has 3 aromatic carbocycles. The average molecular weight is 1350 g/mol. The van der Waals surface area contributed by atoms with E-state index in [4.69, 9.17) is 29.7 Å². The van der Waals surface area contributed by atoms with E-state index in [1.54, 1.807) is 34.8 Å². The largest absolute Gasteiger partial charge is 0.508 e. The standard InChI is InChI=1S/C77H101N5O12S2/c1-44(2)65-38-96-95-37-62-61-32-60-47-11-17-55(87)30-54(86)16-10-46-13-19-66(89)69(93-43-84)57(46)9-5-7-48(27-47)68(70(60)94-71(61)90)92-42-80-77-41-76-40-73(24-21-63(79-35-45(3)85)58-31-56(88)18-12-49(58)33-73)39-75(76)23-6-8-51(75)14-15-52(76)28-53(77)29-59(67(36-83)91-4)50-20-25-74(77,34-50)26-22-64(62)81-72(78)82-65/h12-13,18-20,25,27,31,44-45,50-53,55,59,61-65,67,71,79-80,83-85,87-90H,6-8,10-11,14-17,21,23-24,28-30,32-43H2,1-4H3,(H3,78,81,82). The van der Waals surface area contributed by atoms with E-state index in [9.17, 15) is 40.5 Å². The van der Waals surface area contributed by atoms with Gasteiger partial charge in [-0.15, -0.1) is 0 Å². The zero-order chi connectivity index (χ0) is 66.9. The summed E-state index contributed by atoms with van der Waals surface area (Å²) in [7, 11) is 5.28. The van der Waals surface area contributed by atoms with Crippen LogP contribution in [0, 0.1) is 92.7 Å². The number of phenolic OH excluding ortho intramolecular Hbond substituents is 2. The minimum absolute atomic E-state index is 0.0135. The number of ketones is 1. The lowest BCUT2D eigenvalue weighted by atomic mass is 9.39. The number of carbonyl (C=O) groups is 1. The third kappa shape index (κ3) is 12.2. The number of aliphatic hydroxyl groups is 5. The number of hydrogen-bond donors (Lipinski definition) is 11. The van der Waals surface area contributed by atoms with E-state index in [1.165, 1.54) is 37.3 Å². The molecule has 5 fully saturated rings. The van der Waals surface area contributed by atoms with E-state index in [1.807, 2.05) is 19.1 Å². The van der Waals surface area contributed by atoms with Crippen molar-refractivity contribution < 1.29 is 59.5 Å². The number of rotatable bonds is 9. The molecule has 0 saturated heterocycles. The number of Topliss-reactive ketones (excluding diaryl/α,β-unsaturated/α-hetero) is 1. The third-order valence-corrected chi connectivity index (χ3v) is 28.4. The molecule has 518 valence electrons. The van der Waals surface area contributed by atoms with Gasteiger partial charge in [-0.25, -0.2) is 4.99 Å². The number of hydrogen-bond acceptors (Lipinski definition) is 19. The lowest BCUT2D eigenvalue weighted by Gasteiger charge is -2.67. The number of fused-ring (bicyclic) bond motifs is 8. The van der Waals surface area contributed by atoms with Gasteiger partial charge in [0.1, 0.15) is 18.3 Å². The van der Waals surface area contributed by atoms with Gasteiger partial charge < -0.3 is 71.1 Å². The first-order valence-corrected chi connectivity index (χ1v) is 38.4. The second kappa shape index (κ2) is 27.4. The predicted molar refractivity (Wildman–Crippen MR) is 372 cm³/mol. The second-order valence-electron chi connectivity index (χ2n) is 31.3. The van der Waals surface area contributed by atoms with Gasteiger partial charge in [0.05, 0.1) is 48.0 Å². The molecule has 12 aliphatic rings. The minimum atomic E-state index is -1.31. The van der Waals surface area contributed by atoms with Crippen LogP contribution in [-0.4, -0.2) is 135 Å². The van der Waals surface area contributed by atoms with E-state index < -0.39 is 54.3 Å². The number of nitrogens with two attached hydrogens (primary N) is 1. The Morgan fingerprint density at radius 1 is 0.875 bits per heavy atom. The van der Waals surface area contributed by atoms with E-state index in [0.29, 0.717) is 77.5 Å². The fourth-order valence-corrected chi connectivity index (χ4v) is 24.5. The maximum Gasteiger partial charge on any atom is 0.201 e. The fourth-order valence-electron chi connectivity index (χ4n) is 21.6. The van der Waals surface area contributed by atoms with Gasteiger partial charge >= 0.3 is 0 Å². The molecule has 5 spiro atoms. The molecule has 5 saturated carbocycles. The van der Waals surface area contributed by atoms with Crippen molar-refractivity contribution in [2.24, 2.45) is 79.7 Å². The van der Waals surface area contributed by atoms with Gasteiger partial charge in [-0.2, -0.15) is 0 Å². The van der Waals surface area contributed by atoms with Gasteiger partial charge in [0, 0.05) is 79.0 Å². The molecule has 0 radical (unpaired) electrons. The van der Waals surface area contributed by atoms with Crippen LogP contribution in [0.2, 0.25) is 0 Å². The molecule has 19 unspecified atom stereocenters. The summed E-state index contributed by atoms with van der Waals surface area (Å²) < 4.78 is 26.6. The van der Waals surface area contributed by atoms with Gasteiger partial charge in [-0.05, 0) is 208 Å². The SMILES string of the molecule is COC(CO)C1CC2CC3CCC4CCCC45CC4(CCC(NCC(C)O)c6cc(O)ccc6C4)CC35CC23NCOc2c4cc(c5c2OC(O)C(C5)C2CSSCC(C(C)C)N=C(N)NC2C#CC32C=CC1C2)CCC(O)CC(=O)CCc1ccc(O)c(OCO)c1C#CC4. The fraction of sp³-hybridized carbons (Fsp3) is 0.662. The number of nitrogens with one attached hydrogen (secondary N) is 3. The van der Waals surface area contributed by atoms with E-state index in [-0.39, 0.29) is 126 Å². The smallest absolute Gasteiger partial charge is 0.201 e. The number of aliphatic imine (C=N–C) groups is 1. The summed E-state index contributed by atoms with van der Waals surface area (Å²) in [6.45, 7) is 5.87. The second-order valence-corrected chi connectivity index (χ2v) is 33.9. The summed E-state index contributed by atoms with van der Waals surface area (Å²) >= 11 is 0. The topological polar surface area (TPSA) is 270 Å². The molecule has 12 N–H and O–H groups in total. The van der Waals surface area contributed by atoms with Crippen LogP contribution in [0.15, 0.2) is 53.5 Å². The van der Waals surface area contributed by atoms with Crippen LogP contribution >= 0.6 is 21.6 Å². The predicted octanol–water partition coefficient (Wildman–Crippen LogP) is 9.09. The summed E-state index contributed by atoms with van der Waals surface area (Å²) in [6, 6.07) is 10.7. The summed E-state index contributed by atoms with van der Waals surface area (Å²) in [5.74, 6) is 18.0. The normalized spacial score (nSPS) is 37.6. The number of phenols is 2.